The minimum atomic E-state index is -0.528. The fraction of sp³-hybridized carbons (Fsp3) is 0.200. The number of hydrogen-bond donors (Lipinski definition) is 1. The lowest BCUT2D eigenvalue weighted by molar-refractivity contribution is 0.101. The van der Waals surface area contributed by atoms with Crippen LogP contribution in [-0.4, -0.2) is 46.5 Å². The van der Waals surface area contributed by atoms with Gasteiger partial charge in [0.2, 0.25) is 0 Å². The number of nitrogens with one attached hydrogen (secondary N) is 1. The summed E-state index contributed by atoms with van der Waals surface area (Å²) in [5, 5.41) is 8.01. The molecule has 0 aliphatic heterocycles. The Morgan fingerprint density at radius 1 is 1.02 bits per heavy atom. The minimum Gasteiger partial charge on any atom is -0.493 e. The highest BCUT2D eigenvalue weighted by Crippen LogP contribution is 2.37. The smallest absolute Gasteiger partial charge is 0.281 e. The van der Waals surface area contributed by atoms with Gasteiger partial charge in [-0.3, -0.25) is 9.78 Å². The first-order valence-corrected chi connectivity index (χ1v) is 13.4. The van der Waals surface area contributed by atoms with Gasteiger partial charge in [0.05, 0.1) is 49.4 Å². The highest BCUT2D eigenvalue weighted by Gasteiger charge is 2.26. The third-order valence-corrected chi connectivity index (χ3v) is 6.94. The van der Waals surface area contributed by atoms with Crippen molar-refractivity contribution < 1.29 is 28.1 Å². The second-order valence-corrected chi connectivity index (χ2v) is 10.0. The van der Waals surface area contributed by atoms with E-state index in [2.05, 4.69) is 20.4 Å². The van der Waals surface area contributed by atoms with Crippen molar-refractivity contribution in [3.05, 3.63) is 83.7 Å². The molecular weight excluding hydrogens is 565 g/mol. The van der Waals surface area contributed by atoms with Gasteiger partial charge < -0.3 is 24.3 Å². The van der Waals surface area contributed by atoms with E-state index in [0.29, 0.717) is 46.7 Å². The zero-order valence-electron chi connectivity index (χ0n) is 22.6. The number of methoxy groups -OCH3 is 2. The molecule has 10 nitrogen and oxygen atoms in total. The van der Waals surface area contributed by atoms with Crippen molar-refractivity contribution in [2.24, 2.45) is 5.92 Å². The Hall–Kier alpha value is -4.90. The van der Waals surface area contributed by atoms with E-state index in [-0.39, 0.29) is 22.3 Å². The molecule has 0 spiro atoms. The van der Waals surface area contributed by atoms with Crippen LogP contribution < -0.4 is 24.3 Å². The first-order chi connectivity index (χ1) is 20.4. The van der Waals surface area contributed by atoms with Crippen LogP contribution in [0.2, 0.25) is 5.02 Å². The first kappa shape index (κ1) is 27.3. The minimum absolute atomic E-state index is 0.0470. The standard InChI is InChI=1S/C30H25ClFN5O5/c1-39-25-12-20-22(13-26(25)40-2)33-10-9-24(20)42-19-6-8-28(34-14-19)35-30(38)29-27(41-16-17-3-4-17)15-37(36-29)23-7-5-18(32)11-21(23)31/h5-15,17H,3-4,16H2,1-2H3,(H,34,35,38). The van der Waals surface area contributed by atoms with Crippen LogP contribution in [0.4, 0.5) is 10.2 Å². The number of halogens is 2. The number of amides is 1. The molecule has 1 amide bonds. The predicted molar refractivity (Wildman–Crippen MR) is 154 cm³/mol. The molecule has 1 fully saturated rings. The van der Waals surface area contributed by atoms with Crippen LogP contribution in [-0.2, 0) is 0 Å². The predicted octanol–water partition coefficient (Wildman–Crippen LogP) is 6.46. The summed E-state index contributed by atoms with van der Waals surface area (Å²) in [5.41, 5.74) is 1.13. The van der Waals surface area contributed by atoms with E-state index in [1.54, 1.807) is 56.9 Å². The van der Waals surface area contributed by atoms with E-state index < -0.39 is 11.7 Å². The number of aromatic nitrogens is 4. The van der Waals surface area contributed by atoms with E-state index in [1.165, 1.54) is 29.1 Å². The molecule has 0 saturated heterocycles. The first-order valence-electron chi connectivity index (χ1n) is 13.1. The molecule has 2 aromatic carbocycles. The molecule has 0 atom stereocenters. The van der Waals surface area contributed by atoms with E-state index in [4.69, 9.17) is 30.5 Å². The number of carbonyl (C=O) groups is 1. The van der Waals surface area contributed by atoms with Gasteiger partial charge in [0.15, 0.2) is 22.9 Å². The van der Waals surface area contributed by atoms with Crippen LogP contribution in [0.15, 0.2) is 67.1 Å². The molecule has 3 heterocycles. The maximum absolute atomic E-state index is 13.6. The Labute approximate surface area is 245 Å². The topological polar surface area (TPSA) is 110 Å². The average molecular weight is 590 g/mol. The summed E-state index contributed by atoms with van der Waals surface area (Å²) < 4.78 is 37.7. The summed E-state index contributed by atoms with van der Waals surface area (Å²) in [4.78, 5) is 22.0. The normalized spacial score (nSPS) is 12.7. The molecule has 0 radical (unpaired) electrons. The van der Waals surface area contributed by atoms with Crippen molar-refractivity contribution in [2.45, 2.75) is 12.8 Å². The van der Waals surface area contributed by atoms with Gasteiger partial charge in [0.1, 0.15) is 23.1 Å². The van der Waals surface area contributed by atoms with Crippen molar-refractivity contribution in [3.8, 4) is 34.4 Å². The van der Waals surface area contributed by atoms with Gasteiger partial charge in [-0.1, -0.05) is 11.6 Å². The highest BCUT2D eigenvalue weighted by molar-refractivity contribution is 6.32. The molecule has 0 unspecified atom stereocenters. The van der Waals surface area contributed by atoms with E-state index in [1.807, 2.05) is 0 Å². The van der Waals surface area contributed by atoms with Crippen LogP contribution in [0.5, 0.6) is 28.7 Å². The maximum atomic E-state index is 13.6. The fourth-order valence-electron chi connectivity index (χ4n) is 4.26. The Balaban J connectivity index is 1.21. The lowest BCUT2D eigenvalue weighted by Crippen LogP contribution is -2.15. The van der Waals surface area contributed by atoms with Gasteiger partial charge in [0.25, 0.3) is 5.91 Å². The third-order valence-electron chi connectivity index (χ3n) is 6.64. The molecule has 12 heteroatoms. The van der Waals surface area contributed by atoms with Gasteiger partial charge in [-0.2, -0.15) is 5.10 Å². The van der Waals surface area contributed by atoms with Gasteiger partial charge in [-0.25, -0.2) is 14.1 Å². The van der Waals surface area contributed by atoms with Gasteiger partial charge in [-0.05, 0) is 61.2 Å². The quantitative estimate of drug-likeness (QED) is 0.198. The van der Waals surface area contributed by atoms with Crippen LogP contribution >= 0.6 is 11.6 Å². The van der Waals surface area contributed by atoms with Crippen LogP contribution in [0, 0.1) is 11.7 Å². The van der Waals surface area contributed by atoms with Crippen LogP contribution in [0.25, 0.3) is 16.6 Å². The summed E-state index contributed by atoms with van der Waals surface area (Å²) in [6.45, 7) is 0.468. The number of hydrogen-bond acceptors (Lipinski definition) is 8. The second-order valence-electron chi connectivity index (χ2n) is 9.61. The van der Waals surface area contributed by atoms with Crippen molar-refractivity contribution in [1.29, 1.82) is 0 Å². The van der Waals surface area contributed by atoms with Crippen molar-refractivity contribution in [2.75, 3.05) is 26.1 Å². The van der Waals surface area contributed by atoms with Crippen LogP contribution in [0.3, 0.4) is 0 Å². The summed E-state index contributed by atoms with van der Waals surface area (Å²) in [6.07, 6.45) is 6.84. The Kier molecular flexibility index (Phi) is 7.49. The molecule has 5 aromatic rings. The number of anilines is 1. The van der Waals surface area contributed by atoms with Gasteiger partial charge >= 0.3 is 0 Å². The molecule has 6 rings (SSSR count). The summed E-state index contributed by atoms with van der Waals surface area (Å²) in [5.74, 6) is 2.10. The molecule has 214 valence electrons. The molecule has 0 bridgehead atoms. The van der Waals surface area contributed by atoms with Gasteiger partial charge in [-0.15, -0.1) is 0 Å². The monoisotopic (exact) mass is 589 g/mol. The summed E-state index contributed by atoms with van der Waals surface area (Å²) in [7, 11) is 3.12. The lowest BCUT2D eigenvalue weighted by atomic mass is 10.2. The number of pyridine rings is 2. The zero-order valence-corrected chi connectivity index (χ0v) is 23.4. The van der Waals surface area contributed by atoms with Gasteiger partial charge in [0, 0.05) is 17.6 Å². The fourth-order valence-corrected chi connectivity index (χ4v) is 4.51. The molecule has 1 aliphatic carbocycles. The average Bonchev–Trinajstić information content (AvgIpc) is 3.73. The largest absolute Gasteiger partial charge is 0.493 e. The molecular formula is C30H25ClFN5O5. The van der Waals surface area contributed by atoms with Crippen molar-refractivity contribution >= 4 is 34.2 Å². The molecule has 3 aromatic heterocycles. The van der Waals surface area contributed by atoms with Crippen LogP contribution in [0.1, 0.15) is 23.3 Å². The molecule has 42 heavy (non-hydrogen) atoms. The van der Waals surface area contributed by atoms with E-state index in [9.17, 15) is 9.18 Å². The SMILES string of the molecule is COc1cc2nccc(Oc3ccc(NC(=O)c4nn(-c5ccc(F)cc5Cl)cc4OCC4CC4)nc3)c2cc1OC. The zero-order chi connectivity index (χ0) is 29.2. The molecule has 1 aliphatic rings. The Bertz CT molecular complexity index is 1770. The maximum Gasteiger partial charge on any atom is 0.281 e. The summed E-state index contributed by atoms with van der Waals surface area (Å²) >= 11 is 6.23. The lowest BCUT2D eigenvalue weighted by Gasteiger charge is -2.12. The Morgan fingerprint density at radius 2 is 1.83 bits per heavy atom. The number of carbonyl (C=O) groups excluding carboxylic acids is 1. The highest BCUT2D eigenvalue weighted by atomic mass is 35.5. The number of rotatable bonds is 10. The molecule has 1 saturated carbocycles. The number of nitrogens with zero attached hydrogens (tertiary/aromatic N) is 4. The number of fused-ring (bicyclic) bond motifs is 1. The second kappa shape index (κ2) is 11.5. The van der Waals surface area contributed by atoms with Crippen molar-refractivity contribution in [1.82, 2.24) is 19.7 Å². The summed E-state index contributed by atoms with van der Waals surface area (Å²) in [6, 6.07) is 12.5. The third kappa shape index (κ3) is 5.77. The van der Waals surface area contributed by atoms with E-state index in [0.717, 1.165) is 18.2 Å². The van der Waals surface area contributed by atoms with Crippen molar-refractivity contribution in [3.63, 3.8) is 0 Å². The number of ether oxygens (including phenoxy) is 4. The number of benzene rings is 2. The Morgan fingerprint density at radius 3 is 2.55 bits per heavy atom. The molecule has 1 N–H and O–H groups in total. The van der Waals surface area contributed by atoms with E-state index >= 15 is 0 Å².